The van der Waals surface area contributed by atoms with Gasteiger partial charge in [-0.3, -0.25) is 14.4 Å². The summed E-state index contributed by atoms with van der Waals surface area (Å²) < 4.78 is 26.9. The SMILES string of the molecule is CCCC(C)OC(=O)OC(C)CN[C@@H](Cc1ccc(OC(=O)C(C)(C)CC)c(OC(=O)C(C)(C)CC)c1)C(=O)OC. The number of benzene rings is 1. The van der Waals surface area contributed by atoms with Gasteiger partial charge in [-0.15, -0.1) is 0 Å². The maximum absolute atomic E-state index is 12.9. The molecule has 2 unspecified atom stereocenters. The molecule has 0 amide bonds. The zero-order chi connectivity index (χ0) is 31.4. The molecule has 1 aromatic carbocycles. The van der Waals surface area contributed by atoms with Crippen molar-refractivity contribution in [3.05, 3.63) is 23.8 Å². The second kappa shape index (κ2) is 16.3. The Labute approximate surface area is 244 Å². The molecule has 0 spiro atoms. The highest BCUT2D eigenvalue weighted by molar-refractivity contribution is 5.81. The minimum atomic E-state index is -0.802. The van der Waals surface area contributed by atoms with Crippen LogP contribution < -0.4 is 14.8 Å². The van der Waals surface area contributed by atoms with E-state index in [0.717, 1.165) is 12.8 Å². The summed E-state index contributed by atoms with van der Waals surface area (Å²) >= 11 is 0. The topological polar surface area (TPSA) is 126 Å². The van der Waals surface area contributed by atoms with Crippen LogP contribution in [0.3, 0.4) is 0 Å². The molecule has 0 fully saturated rings. The fourth-order valence-electron chi connectivity index (χ4n) is 3.40. The van der Waals surface area contributed by atoms with Crippen molar-refractivity contribution in [2.24, 2.45) is 10.8 Å². The molecule has 1 N–H and O–H groups in total. The largest absolute Gasteiger partial charge is 0.508 e. The van der Waals surface area contributed by atoms with Gasteiger partial charge in [-0.25, -0.2) is 4.79 Å². The lowest BCUT2D eigenvalue weighted by atomic mass is 9.90. The minimum absolute atomic E-state index is 0.0820. The zero-order valence-electron chi connectivity index (χ0n) is 26.4. The van der Waals surface area contributed by atoms with E-state index < -0.39 is 47.0 Å². The van der Waals surface area contributed by atoms with Crippen LogP contribution in [0, 0.1) is 10.8 Å². The highest BCUT2D eigenvalue weighted by Gasteiger charge is 2.32. The predicted octanol–water partition coefficient (Wildman–Crippen LogP) is 5.77. The zero-order valence-corrected chi connectivity index (χ0v) is 26.4. The number of hydrogen-bond acceptors (Lipinski definition) is 10. The van der Waals surface area contributed by atoms with Gasteiger partial charge >= 0.3 is 24.1 Å². The smallest absolute Gasteiger partial charge is 0.468 e. The molecular weight excluding hydrogens is 530 g/mol. The van der Waals surface area contributed by atoms with E-state index in [1.807, 2.05) is 20.8 Å². The van der Waals surface area contributed by atoms with Crippen LogP contribution in [0.1, 0.15) is 93.6 Å². The third-order valence-electron chi connectivity index (χ3n) is 7.15. The number of carbonyl (C=O) groups excluding carboxylic acids is 4. The van der Waals surface area contributed by atoms with Crippen molar-refractivity contribution >= 4 is 24.1 Å². The van der Waals surface area contributed by atoms with Gasteiger partial charge in [-0.05, 0) is 84.9 Å². The van der Waals surface area contributed by atoms with Crippen LogP contribution in [-0.2, 0) is 35.0 Å². The normalized spacial score (nSPS) is 13.9. The first kappa shape index (κ1) is 35.9. The van der Waals surface area contributed by atoms with Gasteiger partial charge in [-0.1, -0.05) is 33.3 Å². The Kier molecular flexibility index (Phi) is 14.3. The van der Waals surface area contributed by atoms with Crippen LogP contribution in [-0.4, -0.2) is 56.0 Å². The summed E-state index contributed by atoms with van der Waals surface area (Å²) in [6.45, 7) is 16.5. The van der Waals surface area contributed by atoms with Crippen molar-refractivity contribution < 1.29 is 42.9 Å². The number of carbonyl (C=O) groups is 4. The van der Waals surface area contributed by atoms with Crippen LogP contribution >= 0.6 is 0 Å². The fourth-order valence-corrected chi connectivity index (χ4v) is 3.40. The number of ether oxygens (including phenoxy) is 5. The minimum Gasteiger partial charge on any atom is -0.468 e. The first-order chi connectivity index (χ1) is 19.1. The third kappa shape index (κ3) is 11.7. The van der Waals surface area contributed by atoms with Gasteiger partial charge < -0.3 is 29.0 Å². The average Bonchev–Trinajstić information content (AvgIpc) is 2.91. The summed E-state index contributed by atoms with van der Waals surface area (Å²) in [4.78, 5) is 50.3. The van der Waals surface area contributed by atoms with Crippen LogP contribution in [0.4, 0.5) is 4.79 Å². The van der Waals surface area contributed by atoms with Gasteiger partial charge in [0.1, 0.15) is 18.2 Å². The Hall–Kier alpha value is -3.14. The Bertz CT molecular complexity index is 1030. The second-order valence-electron chi connectivity index (χ2n) is 11.6. The van der Waals surface area contributed by atoms with Gasteiger partial charge in [-0.2, -0.15) is 0 Å². The van der Waals surface area contributed by atoms with Crippen molar-refractivity contribution in [1.82, 2.24) is 5.32 Å². The molecule has 0 saturated heterocycles. The van der Waals surface area contributed by atoms with Crippen LogP contribution in [0.25, 0.3) is 0 Å². The van der Waals surface area contributed by atoms with E-state index >= 15 is 0 Å². The standard InChI is InChI=1S/C31H49NO9/c1-11-14-20(4)38-29(36)39-21(5)19-32-23(26(33)37-10)17-22-15-16-24(40-27(34)30(6,7)12-2)25(18-22)41-28(35)31(8,9)13-3/h15-16,18,20-21,23,32H,11-14,17,19H2,1-10H3/t20?,21?,23-/m0/s1. The molecule has 1 aromatic rings. The van der Waals surface area contributed by atoms with Crippen molar-refractivity contribution in [1.29, 1.82) is 0 Å². The highest BCUT2D eigenvalue weighted by Crippen LogP contribution is 2.34. The Morgan fingerprint density at radius 2 is 1.37 bits per heavy atom. The van der Waals surface area contributed by atoms with Gasteiger partial charge in [0.2, 0.25) is 0 Å². The monoisotopic (exact) mass is 579 g/mol. The quantitative estimate of drug-likeness (QED) is 0.190. The van der Waals surface area contributed by atoms with Gasteiger partial charge in [0.15, 0.2) is 11.5 Å². The summed E-state index contributed by atoms with van der Waals surface area (Å²) in [6.07, 6.45) is 1.27. The molecule has 0 saturated carbocycles. The molecule has 0 aliphatic rings. The maximum Gasteiger partial charge on any atom is 0.508 e. The number of nitrogens with one attached hydrogen (secondary N) is 1. The van der Waals surface area contributed by atoms with E-state index in [-0.39, 0.29) is 30.6 Å². The van der Waals surface area contributed by atoms with Crippen LogP contribution in [0.2, 0.25) is 0 Å². The van der Waals surface area contributed by atoms with Gasteiger partial charge in [0.05, 0.1) is 17.9 Å². The molecule has 0 aliphatic heterocycles. The lowest BCUT2D eigenvalue weighted by Gasteiger charge is -2.24. The fraction of sp³-hybridized carbons (Fsp3) is 0.677. The molecule has 41 heavy (non-hydrogen) atoms. The lowest BCUT2D eigenvalue weighted by Crippen LogP contribution is -2.43. The molecular formula is C31H49NO9. The molecule has 10 heteroatoms. The van der Waals surface area contributed by atoms with Crippen molar-refractivity contribution in [2.75, 3.05) is 13.7 Å². The number of methoxy groups -OCH3 is 1. The van der Waals surface area contributed by atoms with Crippen molar-refractivity contribution in [2.45, 2.75) is 113 Å². The molecule has 0 aromatic heterocycles. The summed E-state index contributed by atoms with van der Waals surface area (Å²) in [6, 6.07) is 4.01. The molecule has 3 atom stereocenters. The van der Waals surface area contributed by atoms with E-state index in [2.05, 4.69) is 5.32 Å². The second-order valence-corrected chi connectivity index (χ2v) is 11.6. The summed E-state index contributed by atoms with van der Waals surface area (Å²) in [7, 11) is 1.28. The number of hydrogen-bond donors (Lipinski definition) is 1. The maximum atomic E-state index is 12.9. The summed E-state index contributed by atoms with van der Waals surface area (Å²) in [5.74, 6) is -1.26. The van der Waals surface area contributed by atoms with E-state index in [0.29, 0.717) is 18.4 Å². The Balaban J connectivity index is 3.14. The molecule has 1 rings (SSSR count). The third-order valence-corrected chi connectivity index (χ3v) is 7.15. The molecule has 0 radical (unpaired) electrons. The Morgan fingerprint density at radius 1 is 0.829 bits per heavy atom. The van der Waals surface area contributed by atoms with E-state index in [1.165, 1.54) is 7.11 Å². The van der Waals surface area contributed by atoms with Crippen LogP contribution in [0.5, 0.6) is 11.5 Å². The summed E-state index contributed by atoms with van der Waals surface area (Å²) in [5, 5.41) is 3.07. The van der Waals surface area contributed by atoms with Gasteiger partial charge in [0, 0.05) is 6.54 Å². The first-order valence-electron chi connectivity index (χ1n) is 14.4. The number of esters is 3. The lowest BCUT2D eigenvalue weighted by molar-refractivity contribution is -0.147. The first-order valence-corrected chi connectivity index (χ1v) is 14.4. The van der Waals surface area contributed by atoms with Crippen molar-refractivity contribution in [3.8, 4) is 11.5 Å². The van der Waals surface area contributed by atoms with E-state index in [1.54, 1.807) is 59.7 Å². The number of rotatable bonds is 16. The van der Waals surface area contributed by atoms with Crippen molar-refractivity contribution in [3.63, 3.8) is 0 Å². The Morgan fingerprint density at radius 3 is 1.88 bits per heavy atom. The summed E-state index contributed by atoms with van der Waals surface area (Å²) in [5.41, 5.74) is -0.871. The molecule has 10 nitrogen and oxygen atoms in total. The average molecular weight is 580 g/mol. The van der Waals surface area contributed by atoms with Gasteiger partial charge in [0.25, 0.3) is 0 Å². The van der Waals surface area contributed by atoms with E-state index in [9.17, 15) is 19.2 Å². The molecule has 0 bridgehead atoms. The molecule has 0 aliphatic carbocycles. The predicted molar refractivity (Wildman–Crippen MR) is 155 cm³/mol. The molecule has 232 valence electrons. The molecule has 0 heterocycles. The van der Waals surface area contributed by atoms with E-state index in [4.69, 9.17) is 23.7 Å². The highest BCUT2D eigenvalue weighted by atomic mass is 16.7. The van der Waals surface area contributed by atoms with Crippen LogP contribution in [0.15, 0.2) is 18.2 Å².